The van der Waals surface area contributed by atoms with Gasteiger partial charge >= 0.3 is 5.97 Å². The minimum Gasteiger partial charge on any atom is -0.477 e. The molecular weight excluding hydrogens is 468 g/mol. The molecule has 0 atom stereocenters. The van der Waals surface area contributed by atoms with Gasteiger partial charge in [-0.15, -0.1) is 0 Å². The van der Waals surface area contributed by atoms with Crippen molar-refractivity contribution in [1.82, 2.24) is 27.3 Å². The van der Waals surface area contributed by atoms with Gasteiger partial charge in [-0.1, -0.05) is 31.4 Å². The molecule has 5 aromatic rings. The van der Waals surface area contributed by atoms with Crippen LogP contribution in [-0.2, 0) is 13.0 Å². The van der Waals surface area contributed by atoms with E-state index >= 15 is 0 Å². The predicted molar refractivity (Wildman–Crippen MR) is 132 cm³/mol. The van der Waals surface area contributed by atoms with E-state index in [9.17, 15) is 9.90 Å². The molecule has 1 N–H and O–H groups in total. The zero-order valence-electron chi connectivity index (χ0n) is 18.3. The van der Waals surface area contributed by atoms with E-state index < -0.39 is 5.97 Å². The molecule has 0 amide bonds. The van der Waals surface area contributed by atoms with Crippen molar-refractivity contribution in [2.24, 2.45) is 0 Å². The zero-order chi connectivity index (χ0) is 23.1. The minimum absolute atomic E-state index is 0.272. The molecule has 1 aliphatic carbocycles. The summed E-state index contributed by atoms with van der Waals surface area (Å²) in [6.07, 6.45) is 6.15. The van der Waals surface area contributed by atoms with Crippen LogP contribution >= 0.6 is 23.5 Å². The Hall–Kier alpha value is -3.24. The van der Waals surface area contributed by atoms with E-state index in [0.717, 1.165) is 70.1 Å². The molecule has 0 bridgehead atoms. The maximum atomic E-state index is 12.6. The SMILES string of the molecule is O=C(O)c1c(Cc2ccc3nsnc3c2)c(C2CCCCC2)nn1Cc1ccc2nsnc2c1. The highest BCUT2D eigenvalue weighted by atomic mass is 32.1. The van der Waals surface area contributed by atoms with Gasteiger partial charge in [0.25, 0.3) is 0 Å². The highest BCUT2D eigenvalue weighted by Gasteiger charge is 2.29. The molecule has 1 aliphatic rings. The first kappa shape index (κ1) is 21.3. The number of aromatic carboxylic acids is 1. The van der Waals surface area contributed by atoms with E-state index in [0.29, 0.717) is 13.0 Å². The number of carbonyl (C=O) groups is 1. The van der Waals surface area contributed by atoms with Crippen molar-refractivity contribution in [1.29, 1.82) is 0 Å². The van der Waals surface area contributed by atoms with E-state index in [1.54, 1.807) is 4.68 Å². The molecule has 0 unspecified atom stereocenters. The van der Waals surface area contributed by atoms with Crippen LogP contribution in [0.3, 0.4) is 0 Å². The lowest BCUT2D eigenvalue weighted by Crippen LogP contribution is -2.13. The van der Waals surface area contributed by atoms with Crippen LogP contribution in [0.25, 0.3) is 22.1 Å². The number of nitrogens with zero attached hydrogens (tertiary/aromatic N) is 6. The van der Waals surface area contributed by atoms with Gasteiger partial charge in [0.05, 0.1) is 35.7 Å². The fourth-order valence-corrected chi connectivity index (χ4v) is 6.03. The van der Waals surface area contributed by atoms with Gasteiger partial charge in [0.2, 0.25) is 0 Å². The number of carboxylic acids is 1. The molecule has 8 nitrogen and oxygen atoms in total. The van der Waals surface area contributed by atoms with Crippen LogP contribution < -0.4 is 0 Å². The minimum atomic E-state index is -0.947. The summed E-state index contributed by atoms with van der Waals surface area (Å²) < 4.78 is 18.9. The second-order valence-electron chi connectivity index (χ2n) is 8.86. The van der Waals surface area contributed by atoms with Crippen molar-refractivity contribution in [2.75, 3.05) is 0 Å². The van der Waals surface area contributed by atoms with Crippen LogP contribution in [0, 0.1) is 0 Å². The summed E-state index contributed by atoms with van der Waals surface area (Å²) in [5, 5.41) is 15.2. The normalized spacial score (nSPS) is 14.8. The fourth-order valence-electron chi connectivity index (χ4n) is 4.99. The van der Waals surface area contributed by atoms with E-state index in [1.807, 2.05) is 36.4 Å². The number of fused-ring (bicyclic) bond motifs is 2. The van der Waals surface area contributed by atoms with Gasteiger partial charge in [0.1, 0.15) is 27.8 Å². The van der Waals surface area contributed by atoms with Gasteiger partial charge in [-0.3, -0.25) is 4.68 Å². The number of hydrogen-bond acceptors (Lipinski definition) is 8. The molecular formula is C24H22N6O2S2. The Bertz CT molecular complexity index is 1500. The Balaban J connectivity index is 1.44. The van der Waals surface area contributed by atoms with Gasteiger partial charge in [-0.05, 0) is 48.2 Å². The van der Waals surface area contributed by atoms with Gasteiger partial charge < -0.3 is 5.11 Å². The Labute approximate surface area is 203 Å². The van der Waals surface area contributed by atoms with Crippen LogP contribution in [0.4, 0.5) is 0 Å². The molecule has 0 spiro atoms. The average molecular weight is 491 g/mol. The topological polar surface area (TPSA) is 107 Å². The van der Waals surface area contributed by atoms with E-state index in [4.69, 9.17) is 5.10 Å². The Morgan fingerprint density at radius 1 is 0.882 bits per heavy atom. The molecule has 0 aliphatic heterocycles. The molecule has 0 saturated heterocycles. The van der Waals surface area contributed by atoms with Gasteiger partial charge in [-0.2, -0.15) is 22.6 Å². The van der Waals surface area contributed by atoms with Crippen molar-refractivity contribution >= 4 is 51.5 Å². The third-order valence-corrected chi connectivity index (χ3v) is 7.74. The van der Waals surface area contributed by atoms with Crippen LogP contribution in [0.15, 0.2) is 36.4 Å². The van der Waals surface area contributed by atoms with Crippen LogP contribution in [-0.4, -0.2) is 38.4 Å². The lowest BCUT2D eigenvalue weighted by Gasteiger charge is -2.21. The van der Waals surface area contributed by atoms with Crippen molar-refractivity contribution in [3.8, 4) is 0 Å². The molecule has 34 heavy (non-hydrogen) atoms. The number of hydrogen-bond donors (Lipinski definition) is 1. The van der Waals surface area contributed by atoms with Gasteiger partial charge in [0, 0.05) is 17.9 Å². The van der Waals surface area contributed by atoms with E-state index in [2.05, 4.69) is 17.5 Å². The first-order valence-electron chi connectivity index (χ1n) is 11.4. The average Bonchev–Trinajstić information content (AvgIpc) is 3.58. The van der Waals surface area contributed by atoms with Crippen LogP contribution in [0.2, 0.25) is 0 Å². The number of rotatable bonds is 6. The Morgan fingerprint density at radius 2 is 1.50 bits per heavy atom. The maximum Gasteiger partial charge on any atom is 0.354 e. The molecule has 10 heteroatoms. The van der Waals surface area contributed by atoms with Crippen LogP contribution in [0.1, 0.15) is 70.9 Å². The molecule has 1 fully saturated rings. The summed E-state index contributed by atoms with van der Waals surface area (Å²) in [6, 6.07) is 11.8. The van der Waals surface area contributed by atoms with Crippen molar-refractivity contribution in [2.45, 2.75) is 51.0 Å². The summed E-state index contributed by atoms with van der Waals surface area (Å²) in [6.45, 7) is 0.379. The third-order valence-electron chi connectivity index (χ3n) is 6.63. The summed E-state index contributed by atoms with van der Waals surface area (Å²) in [4.78, 5) is 12.6. The molecule has 2 aromatic carbocycles. The molecule has 3 heterocycles. The number of aromatic nitrogens is 6. The largest absolute Gasteiger partial charge is 0.477 e. The Kier molecular flexibility index (Phi) is 5.54. The molecule has 3 aromatic heterocycles. The second kappa shape index (κ2) is 8.84. The first-order chi connectivity index (χ1) is 16.7. The summed E-state index contributed by atoms with van der Waals surface area (Å²) in [7, 11) is 0. The lowest BCUT2D eigenvalue weighted by atomic mass is 9.84. The summed E-state index contributed by atoms with van der Waals surface area (Å²) in [5.41, 5.74) is 7.39. The summed E-state index contributed by atoms with van der Waals surface area (Å²) in [5.74, 6) is -0.657. The van der Waals surface area contributed by atoms with E-state index in [1.165, 1.54) is 29.9 Å². The molecule has 172 valence electrons. The van der Waals surface area contributed by atoms with Crippen LogP contribution in [0.5, 0.6) is 0 Å². The quantitative estimate of drug-likeness (QED) is 0.345. The molecule has 1 saturated carbocycles. The van der Waals surface area contributed by atoms with Gasteiger partial charge in [-0.25, -0.2) is 4.79 Å². The zero-order valence-corrected chi connectivity index (χ0v) is 20.0. The highest BCUT2D eigenvalue weighted by molar-refractivity contribution is 7.00. The summed E-state index contributed by atoms with van der Waals surface area (Å²) >= 11 is 2.37. The molecule has 0 radical (unpaired) electrons. The predicted octanol–water partition coefficient (Wildman–Crippen LogP) is 5.28. The fraction of sp³-hybridized carbons (Fsp3) is 0.333. The smallest absolute Gasteiger partial charge is 0.354 e. The standard InChI is InChI=1S/C24H22N6O2S2/c31-24(32)23-17(10-14-6-8-18-20(11-14)28-33-26-18)22(16-4-2-1-3-5-16)25-30(23)13-15-7-9-19-21(12-15)29-34-27-19/h6-9,11-12,16H,1-5,10,13H2,(H,31,32). The monoisotopic (exact) mass is 490 g/mol. The Morgan fingerprint density at radius 3 is 2.18 bits per heavy atom. The maximum absolute atomic E-state index is 12.6. The lowest BCUT2D eigenvalue weighted by molar-refractivity contribution is 0.0683. The third kappa shape index (κ3) is 3.97. The molecule has 6 rings (SSSR count). The number of carboxylic acid groups (broad SMARTS) is 1. The van der Waals surface area contributed by atoms with E-state index in [-0.39, 0.29) is 11.6 Å². The van der Waals surface area contributed by atoms with Crippen molar-refractivity contribution < 1.29 is 9.90 Å². The van der Waals surface area contributed by atoms with Gasteiger partial charge in [0.15, 0.2) is 0 Å². The van der Waals surface area contributed by atoms with Crippen molar-refractivity contribution in [3.05, 3.63) is 64.5 Å². The first-order valence-corrected chi connectivity index (χ1v) is 12.9. The van der Waals surface area contributed by atoms with Crippen molar-refractivity contribution in [3.63, 3.8) is 0 Å². The highest BCUT2D eigenvalue weighted by Crippen LogP contribution is 2.36. The number of benzene rings is 2. The second-order valence-corrected chi connectivity index (χ2v) is 9.92.